The number of nitrogens with zero attached hydrogens (tertiary/aromatic N) is 2. The number of rotatable bonds is 8. The van der Waals surface area contributed by atoms with Gasteiger partial charge in [0.1, 0.15) is 12.4 Å². The zero-order valence-electron chi connectivity index (χ0n) is 18.3. The average molecular weight is 530 g/mol. The molecule has 14 heteroatoms. The molecule has 0 bridgehead atoms. The highest BCUT2D eigenvalue weighted by atomic mass is 35.5. The molecular formula is C21H19Cl2F2N5O5. The highest BCUT2D eigenvalue weighted by molar-refractivity contribution is 6.36. The Balaban J connectivity index is 1.63. The molecule has 0 aliphatic carbocycles. The number of carbonyl (C=O) groups excluding carboxylic acids is 2. The lowest BCUT2D eigenvalue weighted by Crippen LogP contribution is -2.47. The molecule has 0 radical (unpaired) electrons. The molecule has 3 N–H and O–H groups in total. The van der Waals surface area contributed by atoms with Gasteiger partial charge in [-0.1, -0.05) is 29.3 Å². The van der Waals surface area contributed by atoms with Gasteiger partial charge in [0.05, 0.1) is 29.9 Å². The Bertz CT molecular complexity index is 1190. The number of methoxy groups -OCH3 is 1. The van der Waals surface area contributed by atoms with Crippen molar-refractivity contribution in [1.29, 1.82) is 0 Å². The molecule has 2 aromatic heterocycles. The summed E-state index contributed by atoms with van der Waals surface area (Å²) in [5.74, 6) is -0.742. The largest absolute Gasteiger partial charge is 0.485 e. The van der Waals surface area contributed by atoms with Crippen LogP contribution >= 0.6 is 23.2 Å². The second-order valence-electron chi connectivity index (χ2n) is 6.95. The van der Waals surface area contributed by atoms with Crippen molar-refractivity contribution < 1.29 is 32.4 Å². The maximum absolute atomic E-state index is 12.6. The fourth-order valence-corrected chi connectivity index (χ4v) is 3.38. The lowest BCUT2D eigenvalue weighted by Gasteiger charge is -2.16. The summed E-state index contributed by atoms with van der Waals surface area (Å²) in [4.78, 5) is 28.4. The van der Waals surface area contributed by atoms with Crippen LogP contribution in [0.4, 0.5) is 13.6 Å². The normalized spacial score (nSPS) is 11.6. The van der Waals surface area contributed by atoms with E-state index in [9.17, 15) is 18.4 Å². The molecule has 3 rings (SSSR count). The number of nitrogens with one attached hydrogen (secondary N) is 3. The number of hydrogen-bond acceptors (Lipinski definition) is 7. The van der Waals surface area contributed by atoms with Gasteiger partial charge < -0.3 is 19.3 Å². The van der Waals surface area contributed by atoms with E-state index in [2.05, 4.69) is 26.3 Å². The summed E-state index contributed by atoms with van der Waals surface area (Å²) in [7, 11) is 1.36. The zero-order valence-corrected chi connectivity index (χ0v) is 19.8. The number of urea groups is 1. The molecule has 0 spiro atoms. The number of aromatic nitrogens is 2. The molecule has 0 saturated carbocycles. The van der Waals surface area contributed by atoms with Crippen LogP contribution in [-0.2, 0) is 0 Å². The maximum Gasteiger partial charge on any atom is 0.334 e. The molecule has 186 valence electrons. The van der Waals surface area contributed by atoms with Gasteiger partial charge in [-0.3, -0.25) is 15.2 Å². The number of hydrogen-bond donors (Lipinski definition) is 3. The van der Waals surface area contributed by atoms with E-state index in [1.165, 1.54) is 31.5 Å². The topological polar surface area (TPSA) is 128 Å². The highest BCUT2D eigenvalue weighted by Gasteiger charge is 2.18. The Labute approximate surface area is 207 Å². The standard InChI is InChI=1S/C21H19Cl2F2N5O5/c1-10(27-21(32)29-28-20(31)16-7-18(33-2)30-35-16)15-4-3-11(8-26-15)13-5-12(22)6-14(23)19(13)34-9-17(24)25/h3-8,10,17H,9H2,1-2H3,(H,28,31)(H2,27,29,32)/t10-/m1/s1. The maximum atomic E-state index is 12.6. The van der Waals surface area contributed by atoms with Gasteiger partial charge in [-0.2, -0.15) is 0 Å². The van der Waals surface area contributed by atoms with Crippen LogP contribution in [0.2, 0.25) is 10.0 Å². The fourth-order valence-electron chi connectivity index (χ4n) is 2.83. The Morgan fingerprint density at radius 1 is 1.17 bits per heavy atom. The fraction of sp³-hybridized carbons (Fsp3) is 0.238. The lowest BCUT2D eigenvalue weighted by atomic mass is 10.1. The van der Waals surface area contributed by atoms with Gasteiger partial charge in [0.25, 0.3) is 12.3 Å². The van der Waals surface area contributed by atoms with Crippen molar-refractivity contribution in [2.24, 2.45) is 0 Å². The zero-order chi connectivity index (χ0) is 25.5. The first-order valence-corrected chi connectivity index (χ1v) is 10.7. The van der Waals surface area contributed by atoms with E-state index < -0.39 is 31.0 Å². The molecule has 0 aliphatic heterocycles. The Morgan fingerprint density at radius 3 is 2.57 bits per heavy atom. The monoisotopic (exact) mass is 529 g/mol. The molecule has 10 nitrogen and oxygen atoms in total. The summed E-state index contributed by atoms with van der Waals surface area (Å²) in [6.07, 6.45) is -1.22. The number of benzene rings is 1. The van der Waals surface area contributed by atoms with Crippen molar-refractivity contribution >= 4 is 35.1 Å². The second-order valence-corrected chi connectivity index (χ2v) is 7.79. The first-order valence-electron chi connectivity index (χ1n) is 9.91. The van der Waals surface area contributed by atoms with Gasteiger partial charge in [-0.05, 0) is 30.3 Å². The Kier molecular flexibility index (Phi) is 8.66. The summed E-state index contributed by atoms with van der Waals surface area (Å²) in [5, 5.41) is 6.44. The predicted octanol–water partition coefficient (Wildman–Crippen LogP) is 4.40. The van der Waals surface area contributed by atoms with Crippen LogP contribution in [-0.4, -0.2) is 42.2 Å². The van der Waals surface area contributed by atoms with Crippen LogP contribution in [0.3, 0.4) is 0 Å². The first-order chi connectivity index (χ1) is 16.7. The third-order valence-electron chi connectivity index (χ3n) is 4.46. The summed E-state index contributed by atoms with van der Waals surface area (Å²) < 4.78 is 40.0. The number of halogens is 4. The number of ether oxygens (including phenoxy) is 2. The molecule has 35 heavy (non-hydrogen) atoms. The van der Waals surface area contributed by atoms with Crippen LogP contribution in [0.1, 0.15) is 29.2 Å². The number of hydrazine groups is 1. The third-order valence-corrected chi connectivity index (χ3v) is 4.96. The van der Waals surface area contributed by atoms with Crippen molar-refractivity contribution in [2.75, 3.05) is 13.7 Å². The molecule has 0 unspecified atom stereocenters. The van der Waals surface area contributed by atoms with Crippen LogP contribution in [0, 0.1) is 0 Å². The SMILES string of the molecule is COc1cc(C(=O)NNC(=O)N[C@H](C)c2ccc(-c3cc(Cl)cc(Cl)c3OCC(F)F)cn2)on1. The smallest absolute Gasteiger partial charge is 0.334 e. The summed E-state index contributed by atoms with van der Waals surface area (Å²) in [5.41, 5.74) is 5.69. The summed E-state index contributed by atoms with van der Waals surface area (Å²) >= 11 is 12.2. The number of amides is 3. The molecule has 0 saturated heterocycles. The first kappa shape index (κ1) is 26.0. The highest BCUT2D eigenvalue weighted by Crippen LogP contribution is 2.39. The minimum absolute atomic E-state index is 0.0524. The van der Waals surface area contributed by atoms with E-state index in [0.717, 1.165) is 0 Å². The van der Waals surface area contributed by atoms with Crippen LogP contribution in [0.15, 0.2) is 41.1 Å². The minimum atomic E-state index is -2.68. The second kappa shape index (κ2) is 11.7. The molecule has 0 aliphatic rings. The third kappa shape index (κ3) is 6.93. The van der Waals surface area contributed by atoms with Gasteiger partial charge in [-0.25, -0.2) is 19.0 Å². The number of pyridine rings is 1. The van der Waals surface area contributed by atoms with Crippen LogP contribution < -0.4 is 25.6 Å². The van der Waals surface area contributed by atoms with Gasteiger partial charge in [0.15, 0.2) is 0 Å². The van der Waals surface area contributed by atoms with E-state index in [4.69, 9.17) is 37.2 Å². The Morgan fingerprint density at radius 2 is 1.94 bits per heavy atom. The number of alkyl halides is 2. The van der Waals surface area contributed by atoms with Crippen molar-refractivity contribution in [2.45, 2.75) is 19.4 Å². The molecule has 3 amide bonds. The lowest BCUT2D eigenvalue weighted by molar-refractivity contribution is 0.0822. The quantitative estimate of drug-likeness (QED) is 0.369. The van der Waals surface area contributed by atoms with Gasteiger partial charge in [-0.15, -0.1) is 0 Å². The molecule has 0 fully saturated rings. The van der Waals surface area contributed by atoms with E-state index in [1.807, 2.05) is 0 Å². The molecule has 3 aromatic rings. The van der Waals surface area contributed by atoms with E-state index in [-0.39, 0.29) is 27.4 Å². The van der Waals surface area contributed by atoms with E-state index in [0.29, 0.717) is 16.8 Å². The average Bonchev–Trinajstić information content (AvgIpc) is 3.31. The van der Waals surface area contributed by atoms with Crippen molar-refractivity contribution in [3.63, 3.8) is 0 Å². The van der Waals surface area contributed by atoms with Gasteiger partial charge in [0.2, 0.25) is 5.76 Å². The van der Waals surface area contributed by atoms with Crippen LogP contribution in [0.25, 0.3) is 11.1 Å². The molecule has 2 heterocycles. The number of carbonyl (C=O) groups is 2. The van der Waals surface area contributed by atoms with Gasteiger partial charge in [0, 0.05) is 22.3 Å². The van der Waals surface area contributed by atoms with Gasteiger partial charge >= 0.3 is 11.9 Å². The van der Waals surface area contributed by atoms with E-state index in [1.54, 1.807) is 19.1 Å². The summed E-state index contributed by atoms with van der Waals surface area (Å²) in [6.45, 7) is 0.828. The van der Waals surface area contributed by atoms with Crippen molar-refractivity contribution in [3.8, 4) is 22.8 Å². The Hall–Kier alpha value is -3.64. The van der Waals surface area contributed by atoms with Crippen LogP contribution in [0.5, 0.6) is 11.6 Å². The minimum Gasteiger partial charge on any atom is -0.485 e. The van der Waals surface area contributed by atoms with Crippen molar-refractivity contribution in [3.05, 3.63) is 58.0 Å². The molecule has 1 atom stereocenters. The molecular weight excluding hydrogens is 511 g/mol. The molecule has 1 aromatic carbocycles. The van der Waals surface area contributed by atoms with Crippen molar-refractivity contribution in [1.82, 2.24) is 26.3 Å². The predicted molar refractivity (Wildman–Crippen MR) is 122 cm³/mol. The van der Waals surface area contributed by atoms with E-state index >= 15 is 0 Å². The summed E-state index contributed by atoms with van der Waals surface area (Å²) in [6, 6.07) is 6.14.